The van der Waals surface area contributed by atoms with Crippen LogP contribution in [0.5, 0.6) is 11.5 Å². The van der Waals surface area contributed by atoms with Gasteiger partial charge in [0.05, 0.1) is 0 Å². The van der Waals surface area contributed by atoms with Gasteiger partial charge in [0, 0.05) is 23.2 Å². The molecule has 0 amide bonds. The van der Waals surface area contributed by atoms with E-state index in [-0.39, 0.29) is 12.1 Å². The van der Waals surface area contributed by atoms with Crippen LogP contribution in [0.1, 0.15) is 64.8 Å². The highest BCUT2D eigenvalue weighted by atomic mass is 16.3. The summed E-state index contributed by atoms with van der Waals surface area (Å²) in [6.45, 7) is 12.1. The minimum absolute atomic E-state index is 0.0470. The number of hydrogen-bond acceptors (Lipinski definition) is 3. The third-order valence-corrected chi connectivity index (χ3v) is 4.00. The van der Waals surface area contributed by atoms with E-state index in [1.807, 2.05) is 85.0 Å². The van der Waals surface area contributed by atoms with Gasteiger partial charge in [-0.25, -0.2) is 0 Å². The van der Waals surface area contributed by atoms with Crippen molar-refractivity contribution in [2.75, 3.05) is 7.05 Å². The van der Waals surface area contributed by atoms with Crippen LogP contribution in [-0.2, 0) is 0 Å². The molecule has 0 aromatic heterocycles. The molecule has 2 atom stereocenters. The first-order valence-electron chi connectivity index (χ1n) is 8.80. The molecule has 0 bridgehead atoms. The Morgan fingerprint density at radius 1 is 0.667 bits per heavy atom. The molecule has 0 aliphatic heterocycles. The highest BCUT2D eigenvalue weighted by Crippen LogP contribution is 2.35. The standard InChI is InChI=1S/C17H21NO2.2C2H6/c1-12(14-8-4-6-10-16(14)19)18(3)13(2)15-9-5-7-11-17(15)20;2*1-2/h4-13,19-20H,1-3H3;2*1-2H3. The second-order valence-corrected chi connectivity index (χ2v) is 5.14. The van der Waals surface area contributed by atoms with Crippen LogP contribution >= 0.6 is 0 Å². The molecule has 0 radical (unpaired) electrons. The van der Waals surface area contributed by atoms with Crippen molar-refractivity contribution < 1.29 is 10.2 Å². The SMILES string of the molecule is CC.CC.CC(c1ccccc1O)N(C)C(C)c1ccccc1O. The number of benzene rings is 2. The van der Waals surface area contributed by atoms with E-state index in [0.29, 0.717) is 11.5 Å². The molecule has 0 aliphatic carbocycles. The van der Waals surface area contributed by atoms with Crippen molar-refractivity contribution in [1.82, 2.24) is 4.90 Å². The summed E-state index contributed by atoms with van der Waals surface area (Å²) in [5.74, 6) is 0.604. The highest BCUT2D eigenvalue weighted by Gasteiger charge is 2.22. The third-order valence-electron chi connectivity index (χ3n) is 4.00. The Kier molecular flexibility index (Phi) is 10.6. The molecule has 0 fully saturated rings. The first-order chi connectivity index (χ1) is 11.5. The molecule has 0 saturated heterocycles. The van der Waals surface area contributed by atoms with Gasteiger partial charge >= 0.3 is 0 Å². The molecule has 0 heterocycles. The van der Waals surface area contributed by atoms with Gasteiger partial charge in [-0.1, -0.05) is 64.1 Å². The zero-order valence-corrected chi connectivity index (χ0v) is 16.1. The predicted octanol–water partition coefficient (Wildman–Crippen LogP) is 5.90. The first kappa shape index (κ1) is 22.0. The molecule has 134 valence electrons. The summed E-state index contributed by atoms with van der Waals surface area (Å²) < 4.78 is 0. The Hall–Kier alpha value is -2.00. The Morgan fingerprint density at radius 3 is 1.25 bits per heavy atom. The molecule has 24 heavy (non-hydrogen) atoms. The maximum atomic E-state index is 9.96. The maximum Gasteiger partial charge on any atom is 0.120 e. The van der Waals surface area contributed by atoms with E-state index in [1.54, 1.807) is 12.1 Å². The summed E-state index contributed by atoms with van der Waals surface area (Å²) in [4.78, 5) is 2.13. The molecule has 0 saturated carbocycles. The molecule has 2 unspecified atom stereocenters. The van der Waals surface area contributed by atoms with Crippen molar-refractivity contribution in [1.29, 1.82) is 0 Å². The topological polar surface area (TPSA) is 43.7 Å². The zero-order chi connectivity index (χ0) is 18.7. The molecule has 2 aromatic carbocycles. The number of phenolic OH excluding ortho intramolecular Hbond substituents is 2. The van der Waals surface area contributed by atoms with Crippen molar-refractivity contribution >= 4 is 0 Å². The summed E-state index contributed by atoms with van der Waals surface area (Å²) in [6.07, 6.45) is 0. The van der Waals surface area contributed by atoms with Crippen LogP contribution in [0.25, 0.3) is 0 Å². The first-order valence-corrected chi connectivity index (χ1v) is 8.80. The van der Waals surface area contributed by atoms with Crippen molar-refractivity contribution in [3.63, 3.8) is 0 Å². The Morgan fingerprint density at radius 2 is 0.958 bits per heavy atom. The van der Waals surface area contributed by atoms with Gasteiger partial charge in [-0.15, -0.1) is 0 Å². The molecule has 2 N–H and O–H groups in total. The van der Waals surface area contributed by atoms with Crippen LogP contribution in [0.15, 0.2) is 48.5 Å². The van der Waals surface area contributed by atoms with Crippen LogP contribution < -0.4 is 0 Å². The van der Waals surface area contributed by atoms with Crippen molar-refractivity contribution in [3.05, 3.63) is 59.7 Å². The van der Waals surface area contributed by atoms with Crippen molar-refractivity contribution in [2.24, 2.45) is 0 Å². The molecule has 3 nitrogen and oxygen atoms in total. The van der Waals surface area contributed by atoms with Crippen LogP contribution in [0.2, 0.25) is 0 Å². The number of nitrogens with zero attached hydrogens (tertiary/aromatic N) is 1. The second kappa shape index (κ2) is 11.5. The lowest BCUT2D eigenvalue weighted by Crippen LogP contribution is -2.26. The van der Waals surface area contributed by atoms with E-state index in [2.05, 4.69) is 4.90 Å². The van der Waals surface area contributed by atoms with Gasteiger partial charge in [-0.05, 0) is 33.0 Å². The predicted molar refractivity (Wildman–Crippen MR) is 104 cm³/mol. The van der Waals surface area contributed by atoms with E-state index in [1.165, 1.54) is 0 Å². The van der Waals surface area contributed by atoms with Crippen LogP contribution in [0.3, 0.4) is 0 Å². The second-order valence-electron chi connectivity index (χ2n) is 5.14. The summed E-state index contributed by atoms with van der Waals surface area (Å²) in [6, 6.07) is 14.8. The molecule has 2 aromatic rings. The molecular formula is C21H33NO2. The number of hydrogen-bond donors (Lipinski definition) is 2. The quantitative estimate of drug-likeness (QED) is 0.732. The normalized spacial score (nSPS) is 12.3. The van der Waals surface area contributed by atoms with Crippen LogP contribution in [0, 0.1) is 0 Å². The van der Waals surface area contributed by atoms with E-state index in [9.17, 15) is 10.2 Å². The summed E-state index contributed by atoms with van der Waals surface area (Å²) >= 11 is 0. The lowest BCUT2D eigenvalue weighted by Gasteiger charge is -2.32. The van der Waals surface area contributed by atoms with E-state index in [0.717, 1.165) is 11.1 Å². The largest absolute Gasteiger partial charge is 0.508 e. The molecule has 0 aliphatic rings. The highest BCUT2D eigenvalue weighted by molar-refractivity contribution is 5.36. The Bertz CT molecular complexity index is 532. The average molecular weight is 332 g/mol. The number of para-hydroxylation sites is 2. The van der Waals surface area contributed by atoms with Gasteiger partial charge in [0.25, 0.3) is 0 Å². The number of rotatable bonds is 4. The van der Waals surface area contributed by atoms with E-state index in [4.69, 9.17) is 0 Å². The third kappa shape index (κ3) is 5.57. The number of aromatic hydroxyl groups is 2. The fourth-order valence-corrected chi connectivity index (χ4v) is 2.46. The molecular weight excluding hydrogens is 298 g/mol. The molecule has 3 heteroatoms. The van der Waals surface area contributed by atoms with Crippen molar-refractivity contribution in [3.8, 4) is 11.5 Å². The smallest absolute Gasteiger partial charge is 0.120 e. The van der Waals surface area contributed by atoms with Crippen LogP contribution in [-0.4, -0.2) is 22.2 Å². The minimum Gasteiger partial charge on any atom is -0.508 e. The van der Waals surface area contributed by atoms with Gasteiger partial charge in [0.1, 0.15) is 11.5 Å². The van der Waals surface area contributed by atoms with Gasteiger partial charge in [0.2, 0.25) is 0 Å². The lowest BCUT2D eigenvalue weighted by atomic mass is 10.0. The summed E-state index contributed by atoms with van der Waals surface area (Å²) in [7, 11) is 1.99. The summed E-state index contributed by atoms with van der Waals surface area (Å²) in [5, 5.41) is 19.9. The average Bonchev–Trinajstić information content (AvgIpc) is 2.64. The van der Waals surface area contributed by atoms with Gasteiger partial charge in [-0.2, -0.15) is 0 Å². The Labute approximate surface area is 147 Å². The van der Waals surface area contributed by atoms with Crippen LogP contribution in [0.4, 0.5) is 0 Å². The molecule has 0 spiro atoms. The summed E-state index contributed by atoms with van der Waals surface area (Å²) in [5.41, 5.74) is 1.77. The maximum absolute atomic E-state index is 9.96. The Balaban J connectivity index is 0.00000123. The fraction of sp³-hybridized carbons (Fsp3) is 0.429. The van der Waals surface area contributed by atoms with E-state index >= 15 is 0 Å². The number of phenols is 2. The monoisotopic (exact) mass is 331 g/mol. The minimum atomic E-state index is 0.0470. The fourth-order valence-electron chi connectivity index (χ4n) is 2.46. The van der Waals surface area contributed by atoms with E-state index < -0.39 is 0 Å². The zero-order valence-electron chi connectivity index (χ0n) is 16.1. The molecule has 2 rings (SSSR count). The van der Waals surface area contributed by atoms with Gasteiger partial charge in [0.15, 0.2) is 0 Å². The van der Waals surface area contributed by atoms with Crippen molar-refractivity contribution in [2.45, 2.75) is 53.6 Å². The van der Waals surface area contributed by atoms with Gasteiger partial charge < -0.3 is 10.2 Å². The lowest BCUT2D eigenvalue weighted by molar-refractivity contribution is 0.193. The van der Waals surface area contributed by atoms with Gasteiger partial charge in [-0.3, -0.25) is 4.90 Å².